The van der Waals surface area contributed by atoms with E-state index in [1.165, 1.54) is 0 Å². The number of ether oxygens (including phenoxy) is 1. The van der Waals surface area contributed by atoms with Crippen LogP contribution in [0.1, 0.15) is 21.5 Å². The van der Waals surface area contributed by atoms with Crippen LogP contribution in [-0.2, 0) is 11.2 Å². The number of likely N-dealkylation sites (N-methyl/N-ethyl adjacent to an activating group) is 1. The molecule has 4 aromatic rings. The van der Waals surface area contributed by atoms with E-state index in [9.17, 15) is 14.7 Å². The van der Waals surface area contributed by atoms with Crippen LogP contribution in [0.3, 0.4) is 0 Å². The van der Waals surface area contributed by atoms with Gasteiger partial charge in [0, 0.05) is 36.5 Å². The van der Waals surface area contributed by atoms with Crippen LogP contribution in [0.4, 0.5) is 11.5 Å². The predicted molar refractivity (Wildman–Crippen MR) is 145 cm³/mol. The Hall–Kier alpha value is -4.65. The Kier molecular flexibility index (Phi) is 8.49. The maximum atomic E-state index is 12.8. The maximum Gasteiger partial charge on any atom is 0.326 e. The van der Waals surface area contributed by atoms with E-state index in [0.29, 0.717) is 35.7 Å². The molecule has 0 saturated heterocycles. The molecule has 3 aromatic carbocycles. The Labute approximate surface area is 216 Å². The third-order valence-electron chi connectivity index (χ3n) is 5.90. The summed E-state index contributed by atoms with van der Waals surface area (Å²) in [5, 5.41) is 12.9. The van der Waals surface area contributed by atoms with Crippen molar-refractivity contribution in [1.82, 2.24) is 4.98 Å². The molecule has 1 heterocycles. The number of pyridine rings is 1. The van der Waals surface area contributed by atoms with Crippen molar-refractivity contribution in [1.29, 1.82) is 0 Å². The molecule has 4 rings (SSSR count). The van der Waals surface area contributed by atoms with Crippen molar-refractivity contribution in [2.24, 2.45) is 0 Å². The summed E-state index contributed by atoms with van der Waals surface area (Å²) in [6.45, 7) is 1.17. The number of rotatable bonds is 12. The Morgan fingerprint density at radius 2 is 1.65 bits per heavy atom. The van der Waals surface area contributed by atoms with Crippen LogP contribution >= 0.6 is 0 Å². The summed E-state index contributed by atoms with van der Waals surface area (Å²) in [5.74, 6) is 0.504. The first-order valence-corrected chi connectivity index (χ1v) is 12.0. The number of nitrogens with one attached hydrogen (secondary N) is 1. The normalized spacial score (nSPS) is 11.4. The summed E-state index contributed by atoms with van der Waals surface area (Å²) in [6, 6.07) is 28.2. The first-order valence-electron chi connectivity index (χ1n) is 12.0. The molecule has 7 heteroatoms. The van der Waals surface area contributed by atoms with Gasteiger partial charge in [-0.2, -0.15) is 0 Å². The molecule has 0 fully saturated rings. The van der Waals surface area contributed by atoms with E-state index in [1.807, 2.05) is 72.6 Å². The van der Waals surface area contributed by atoms with Crippen LogP contribution in [0.25, 0.3) is 0 Å². The highest BCUT2D eigenvalue weighted by Gasteiger charge is 2.19. The first kappa shape index (κ1) is 25.4. The zero-order valence-electron chi connectivity index (χ0n) is 20.6. The third kappa shape index (κ3) is 7.18. The number of benzene rings is 3. The number of carboxylic acids is 1. The van der Waals surface area contributed by atoms with Crippen LogP contribution in [0.5, 0.6) is 5.75 Å². The molecule has 1 aromatic heterocycles. The number of carbonyl (C=O) groups excluding carboxylic acids is 1. The molecular formula is C30H29N3O4. The third-order valence-corrected chi connectivity index (χ3v) is 5.90. The van der Waals surface area contributed by atoms with E-state index in [4.69, 9.17) is 4.74 Å². The number of hydrogen-bond donors (Lipinski definition) is 2. The Bertz CT molecular complexity index is 1310. The predicted octanol–water partition coefficient (Wildman–Crippen LogP) is 4.94. The smallest absolute Gasteiger partial charge is 0.326 e. The van der Waals surface area contributed by atoms with Gasteiger partial charge in [-0.25, -0.2) is 9.78 Å². The summed E-state index contributed by atoms with van der Waals surface area (Å²) in [4.78, 5) is 31.1. The molecule has 0 radical (unpaired) electrons. The van der Waals surface area contributed by atoms with Gasteiger partial charge >= 0.3 is 5.97 Å². The average Bonchev–Trinajstić information content (AvgIpc) is 2.94. The van der Waals surface area contributed by atoms with Crippen molar-refractivity contribution in [2.75, 3.05) is 30.4 Å². The molecule has 0 saturated carbocycles. The standard InChI is InChI=1S/C30H29N3O4/c1-33(28-12-5-6-17-31-28)18-19-37-26-15-13-22(14-16-26)20-27(30(35)36)32-25-11-7-10-24(21-25)29(34)23-8-3-2-4-9-23/h2-17,21,27,32H,18-20H2,1H3,(H,35,36)/t27-/m0/s1. The molecule has 0 unspecified atom stereocenters. The molecule has 0 amide bonds. The van der Waals surface area contributed by atoms with Gasteiger partial charge in [-0.3, -0.25) is 4.79 Å². The molecule has 0 spiro atoms. The van der Waals surface area contributed by atoms with Crippen molar-refractivity contribution in [3.8, 4) is 5.75 Å². The molecule has 2 N–H and O–H groups in total. The second-order valence-corrected chi connectivity index (χ2v) is 8.62. The van der Waals surface area contributed by atoms with Crippen LogP contribution in [0, 0.1) is 0 Å². The first-order chi connectivity index (χ1) is 18.0. The zero-order valence-corrected chi connectivity index (χ0v) is 20.6. The lowest BCUT2D eigenvalue weighted by Crippen LogP contribution is -2.31. The minimum Gasteiger partial charge on any atom is -0.492 e. The number of anilines is 2. The van der Waals surface area contributed by atoms with Crippen molar-refractivity contribution in [3.05, 3.63) is 120 Å². The lowest BCUT2D eigenvalue weighted by atomic mass is 10.0. The largest absolute Gasteiger partial charge is 0.492 e. The zero-order chi connectivity index (χ0) is 26.0. The topological polar surface area (TPSA) is 91.8 Å². The van der Waals surface area contributed by atoms with E-state index in [0.717, 1.165) is 11.4 Å². The number of hydrogen-bond acceptors (Lipinski definition) is 6. The fraction of sp³-hybridized carbons (Fsp3) is 0.167. The lowest BCUT2D eigenvalue weighted by molar-refractivity contribution is -0.137. The summed E-state index contributed by atoms with van der Waals surface area (Å²) >= 11 is 0. The Balaban J connectivity index is 1.33. The van der Waals surface area contributed by atoms with Gasteiger partial charge < -0.3 is 20.1 Å². The number of carbonyl (C=O) groups is 2. The van der Waals surface area contributed by atoms with E-state index in [2.05, 4.69) is 10.3 Å². The number of nitrogens with zero attached hydrogens (tertiary/aromatic N) is 2. The fourth-order valence-corrected chi connectivity index (χ4v) is 3.86. The van der Waals surface area contributed by atoms with Gasteiger partial charge in [-0.05, 0) is 42.0 Å². The van der Waals surface area contributed by atoms with E-state index >= 15 is 0 Å². The molecule has 37 heavy (non-hydrogen) atoms. The number of ketones is 1. The van der Waals surface area contributed by atoms with Gasteiger partial charge in [0.15, 0.2) is 5.78 Å². The van der Waals surface area contributed by atoms with Gasteiger partial charge in [0.1, 0.15) is 24.2 Å². The van der Waals surface area contributed by atoms with Crippen molar-refractivity contribution < 1.29 is 19.4 Å². The SMILES string of the molecule is CN(CCOc1ccc(C[C@H](Nc2cccc(C(=O)c3ccccc3)c2)C(=O)O)cc1)c1ccccn1. The Morgan fingerprint density at radius 1 is 0.919 bits per heavy atom. The number of aromatic nitrogens is 1. The minimum atomic E-state index is -0.974. The molecular weight excluding hydrogens is 466 g/mol. The summed E-state index contributed by atoms with van der Waals surface area (Å²) < 4.78 is 5.84. The van der Waals surface area contributed by atoms with Crippen molar-refractivity contribution in [3.63, 3.8) is 0 Å². The average molecular weight is 496 g/mol. The summed E-state index contributed by atoms with van der Waals surface area (Å²) in [5.41, 5.74) is 2.51. The maximum absolute atomic E-state index is 12.8. The van der Waals surface area contributed by atoms with E-state index in [-0.39, 0.29) is 12.2 Å². The van der Waals surface area contributed by atoms with Gasteiger partial charge in [-0.15, -0.1) is 0 Å². The molecule has 7 nitrogen and oxygen atoms in total. The van der Waals surface area contributed by atoms with Crippen molar-refractivity contribution in [2.45, 2.75) is 12.5 Å². The van der Waals surface area contributed by atoms with Crippen LogP contribution < -0.4 is 15.0 Å². The molecule has 0 bridgehead atoms. The summed E-state index contributed by atoms with van der Waals surface area (Å²) in [7, 11) is 1.96. The van der Waals surface area contributed by atoms with Gasteiger partial charge in [0.05, 0.1) is 6.54 Å². The second-order valence-electron chi connectivity index (χ2n) is 8.62. The quantitative estimate of drug-likeness (QED) is 0.269. The molecule has 0 aliphatic carbocycles. The number of aliphatic carboxylic acids is 1. The van der Waals surface area contributed by atoms with Crippen LogP contribution in [0.15, 0.2) is 103 Å². The molecule has 188 valence electrons. The molecule has 0 aliphatic heterocycles. The highest BCUT2D eigenvalue weighted by Crippen LogP contribution is 2.19. The Morgan fingerprint density at radius 3 is 2.35 bits per heavy atom. The lowest BCUT2D eigenvalue weighted by Gasteiger charge is -2.18. The molecule has 1 atom stereocenters. The second kappa shape index (κ2) is 12.4. The van der Waals surface area contributed by atoms with Gasteiger partial charge in [-0.1, -0.05) is 60.7 Å². The van der Waals surface area contributed by atoms with Gasteiger partial charge in [0.2, 0.25) is 0 Å². The monoisotopic (exact) mass is 495 g/mol. The van der Waals surface area contributed by atoms with Gasteiger partial charge in [0.25, 0.3) is 0 Å². The van der Waals surface area contributed by atoms with Crippen molar-refractivity contribution >= 4 is 23.3 Å². The van der Waals surface area contributed by atoms with E-state index in [1.54, 1.807) is 42.6 Å². The van der Waals surface area contributed by atoms with Crippen LogP contribution in [0.2, 0.25) is 0 Å². The van der Waals surface area contributed by atoms with Crippen LogP contribution in [-0.4, -0.2) is 48.1 Å². The number of carboxylic acid groups (broad SMARTS) is 1. The molecule has 0 aliphatic rings. The minimum absolute atomic E-state index is 0.113. The van der Waals surface area contributed by atoms with E-state index < -0.39 is 12.0 Å². The highest BCUT2D eigenvalue weighted by atomic mass is 16.5. The fourth-order valence-electron chi connectivity index (χ4n) is 3.86. The highest BCUT2D eigenvalue weighted by molar-refractivity contribution is 6.09. The summed E-state index contributed by atoms with van der Waals surface area (Å²) in [6.07, 6.45) is 2.03.